The topological polar surface area (TPSA) is 64.2 Å². The average Bonchev–Trinajstić information content (AvgIpc) is 2.93. The molecule has 0 aromatic carbocycles. The molecule has 1 aromatic heterocycles. The number of hydrogen-bond acceptors (Lipinski definition) is 3. The predicted molar refractivity (Wildman–Crippen MR) is 70.7 cm³/mol. The first-order chi connectivity index (χ1) is 8.58. The van der Waals surface area contributed by atoms with Crippen LogP contribution in [0.25, 0.3) is 0 Å². The van der Waals surface area contributed by atoms with E-state index >= 15 is 0 Å². The molecule has 1 amide bonds. The van der Waals surface area contributed by atoms with Gasteiger partial charge in [0.25, 0.3) is 5.91 Å². The summed E-state index contributed by atoms with van der Waals surface area (Å²) in [6, 6.07) is 0. The number of nitrogens with zero attached hydrogens (tertiary/aromatic N) is 3. The van der Waals surface area contributed by atoms with Crippen molar-refractivity contribution in [1.82, 2.24) is 14.7 Å². The van der Waals surface area contributed by atoms with Gasteiger partial charge < -0.3 is 10.6 Å². The van der Waals surface area contributed by atoms with Crippen LogP contribution in [0.15, 0.2) is 0 Å². The van der Waals surface area contributed by atoms with Crippen LogP contribution in [-0.2, 0) is 6.54 Å². The van der Waals surface area contributed by atoms with Gasteiger partial charge in [-0.1, -0.05) is 11.6 Å². The Morgan fingerprint density at radius 3 is 2.83 bits per heavy atom. The number of halogens is 1. The highest BCUT2D eigenvalue weighted by Crippen LogP contribution is 2.24. The Morgan fingerprint density at radius 1 is 1.61 bits per heavy atom. The Kier molecular flexibility index (Phi) is 3.92. The van der Waals surface area contributed by atoms with Crippen molar-refractivity contribution in [2.24, 2.45) is 11.7 Å². The molecule has 1 aliphatic rings. The van der Waals surface area contributed by atoms with Crippen molar-refractivity contribution < 1.29 is 4.79 Å². The first-order valence-electron chi connectivity index (χ1n) is 6.30. The minimum Gasteiger partial charge on any atom is -0.338 e. The number of amides is 1. The van der Waals surface area contributed by atoms with Crippen LogP contribution < -0.4 is 5.73 Å². The van der Waals surface area contributed by atoms with Gasteiger partial charge in [-0.05, 0) is 32.7 Å². The molecule has 6 heteroatoms. The van der Waals surface area contributed by atoms with Crippen LogP contribution in [0, 0.1) is 12.8 Å². The molecule has 18 heavy (non-hydrogen) atoms. The summed E-state index contributed by atoms with van der Waals surface area (Å²) in [6.45, 7) is 6.55. The van der Waals surface area contributed by atoms with E-state index in [1.54, 1.807) is 4.68 Å². The second kappa shape index (κ2) is 5.28. The Labute approximate surface area is 112 Å². The van der Waals surface area contributed by atoms with Gasteiger partial charge in [0.05, 0.1) is 11.3 Å². The molecule has 1 aliphatic heterocycles. The third kappa shape index (κ3) is 2.24. The van der Waals surface area contributed by atoms with Crippen molar-refractivity contribution in [1.29, 1.82) is 0 Å². The normalized spacial score (nSPS) is 19.6. The van der Waals surface area contributed by atoms with E-state index in [9.17, 15) is 4.79 Å². The summed E-state index contributed by atoms with van der Waals surface area (Å²) >= 11 is 6.20. The molecule has 100 valence electrons. The third-order valence-electron chi connectivity index (χ3n) is 3.49. The molecular weight excluding hydrogens is 252 g/mol. The van der Waals surface area contributed by atoms with Gasteiger partial charge in [-0.3, -0.25) is 9.48 Å². The smallest absolute Gasteiger partial charge is 0.258 e. The molecular formula is C12H19ClN4O. The van der Waals surface area contributed by atoms with Crippen LogP contribution in [0.5, 0.6) is 0 Å². The summed E-state index contributed by atoms with van der Waals surface area (Å²) in [5.74, 6) is 0.391. The molecule has 1 fully saturated rings. The van der Waals surface area contributed by atoms with Crippen LogP contribution in [0.2, 0.25) is 5.15 Å². The molecule has 2 N–H and O–H groups in total. The molecule has 2 heterocycles. The molecule has 1 aromatic rings. The van der Waals surface area contributed by atoms with Gasteiger partial charge in [-0.25, -0.2) is 0 Å². The Hall–Kier alpha value is -1.07. The summed E-state index contributed by atoms with van der Waals surface area (Å²) in [4.78, 5) is 14.3. The summed E-state index contributed by atoms with van der Waals surface area (Å²) in [5.41, 5.74) is 6.88. The maximum absolute atomic E-state index is 12.4. The zero-order valence-electron chi connectivity index (χ0n) is 10.8. The molecule has 0 bridgehead atoms. The molecule has 0 spiro atoms. The van der Waals surface area contributed by atoms with Crippen LogP contribution in [0.1, 0.15) is 29.4 Å². The summed E-state index contributed by atoms with van der Waals surface area (Å²) in [7, 11) is 0. The van der Waals surface area contributed by atoms with E-state index in [1.807, 2.05) is 18.7 Å². The number of nitrogens with two attached hydrogens (primary N) is 1. The van der Waals surface area contributed by atoms with Crippen molar-refractivity contribution in [3.63, 3.8) is 0 Å². The van der Waals surface area contributed by atoms with Crippen molar-refractivity contribution in [2.45, 2.75) is 26.8 Å². The first kappa shape index (κ1) is 13.4. The second-order valence-electron chi connectivity index (χ2n) is 4.71. The van der Waals surface area contributed by atoms with Gasteiger partial charge >= 0.3 is 0 Å². The third-order valence-corrected chi connectivity index (χ3v) is 3.87. The highest BCUT2D eigenvalue weighted by atomic mass is 35.5. The molecule has 1 saturated heterocycles. The average molecular weight is 271 g/mol. The molecule has 2 rings (SSSR count). The van der Waals surface area contributed by atoms with Gasteiger partial charge in [0.15, 0.2) is 0 Å². The van der Waals surface area contributed by atoms with Gasteiger partial charge in [0, 0.05) is 19.6 Å². The quantitative estimate of drug-likeness (QED) is 0.900. The number of aryl methyl sites for hydroxylation is 2. The van der Waals surface area contributed by atoms with E-state index < -0.39 is 0 Å². The number of likely N-dealkylation sites (tertiary alicyclic amines) is 1. The lowest BCUT2D eigenvalue weighted by atomic mass is 10.1. The summed E-state index contributed by atoms with van der Waals surface area (Å²) in [5, 5.41) is 4.71. The van der Waals surface area contributed by atoms with Gasteiger partial charge in [-0.15, -0.1) is 0 Å². The van der Waals surface area contributed by atoms with Crippen molar-refractivity contribution >= 4 is 17.5 Å². The molecule has 0 aliphatic carbocycles. The van der Waals surface area contributed by atoms with E-state index in [0.29, 0.717) is 35.4 Å². The predicted octanol–water partition coefficient (Wildman–Crippen LogP) is 1.29. The van der Waals surface area contributed by atoms with Crippen molar-refractivity contribution in [3.05, 3.63) is 16.4 Å². The lowest BCUT2D eigenvalue weighted by molar-refractivity contribution is 0.0787. The van der Waals surface area contributed by atoms with Gasteiger partial charge in [-0.2, -0.15) is 5.10 Å². The van der Waals surface area contributed by atoms with Crippen LogP contribution >= 0.6 is 11.6 Å². The summed E-state index contributed by atoms with van der Waals surface area (Å²) in [6.07, 6.45) is 0.973. The maximum Gasteiger partial charge on any atom is 0.258 e. The van der Waals surface area contributed by atoms with E-state index in [-0.39, 0.29) is 5.91 Å². The monoisotopic (exact) mass is 270 g/mol. The van der Waals surface area contributed by atoms with E-state index in [0.717, 1.165) is 19.5 Å². The fourth-order valence-corrected chi connectivity index (χ4v) is 2.75. The molecule has 0 saturated carbocycles. The van der Waals surface area contributed by atoms with Crippen molar-refractivity contribution in [3.8, 4) is 0 Å². The highest BCUT2D eigenvalue weighted by molar-refractivity contribution is 6.33. The molecule has 1 atom stereocenters. The number of rotatable bonds is 3. The number of carbonyl (C=O) groups excluding carboxylic acids is 1. The lowest BCUT2D eigenvalue weighted by Gasteiger charge is -2.16. The second-order valence-corrected chi connectivity index (χ2v) is 5.07. The number of aromatic nitrogens is 2. The van der Waals surface area contributed by atoms with Crippen molar-refractivity contribution in [2.75, 3.05) is 19.6 Å². The van der Waals surface area contributed by atoms with E-state index in [4.69, 9.17) is 17.3 Å². The first-order valence-corrected chi connectivity index (χ1v) is 6.68. The largest absolute Gasteiger partial charge is 0.338 e. The Balaban J connectivity index is 2.22. The highest BCUT2D eigenvalue weighted by Gasteiger charge is 2.30. The number of carbonyl (C=O) groups is 1. The minimum absolute atomic E-state index is 0.0202. The maximum atomic E-state index is 12.4. The fourth-order valence-electron chi connectivity index (χ4n) is 2.37. The van der Waals surface area contributed by atoms with Crippen LogP contribution in [-0.4, -0.2) is 40.2 Å². The number of hydrogen-bond donors (Lipinski definition) is 1. The van der Waals surface area contributed by atoms with Crippen LogP contribution in [0.3, 0.4) is 0 Å². The molecule has 0 radical (unpaired) electrons. The Bertz CT molecular complexity index is 457. The zero-order valence-corrected chi connectivity index (χ0v) is 11.6. The van der Waals surface area contributed by atoms with Gasteiger partial charge in [0.2, 0.25) is 0 Å². The van der Waals surface area contributed by atoms with E-state index in [1.165, 1.54) is 0 Å². The molecule has 5 nitrogen and oxygen atoms in total. The fraction of sp³-hybridized carbons (Fsp3) is 0.667. The standard InChI is InChI=1S/C12H19ClN4O/c1-3-17-11(13)10(8(2)15-17)12(18)16-5-4-9(6-14)7-16/h9H,3-7,14H2,1-2H3/t9-/m1/s1. The summed E-state index contributed by atoms with van der Waals surface area (Å²) < 4.78 is 1.65. The Morgan fingerprint density at radius 2 is 2.33 bits per heavy atom. The SMILES string of the molecule is CCn1nc(C)c(C(=O)N2CC[C@H](CN)C2)c1Cl. The lowest BCUT2D eigenvalue weighted by Crippen LogP contribution is -2.30. The molecule has 0 unspecified atom stereocenters. The minimum atomic E-state index is -0.0202. The van der Waals surface area contributed by atoms with Gasteiger partial charge in [0.1, 0.15) is 5.15 Å². The van der Waals surface area contributed by atoms with Crippen LogP contribution in [0.4, 0.5) is 0 Å². The van der Waals surface area contributed by atoms with E-state index in [2.05, 4.69) is 5.10 Å². The zero-order chi connectivity index (χ0) is 13.3.